The van der Waals surface area contributed by atoms with Gasteiger partial charge in [-0.1, -0.05) is 18.2 Å². The Morgan fingerprint density at radius 2 is 2.00 bits per heavy atom. The maximum Gasteiger partial charge on any atom is 0.0357 e. The fourth-order valence-corrected chi connectivity index (χ4v) is 3.48. The largest absolute Gasteiger partial charge is 0.139 e. The summed E-state index contributed by atoms with van der Waals surface area (Å²) < 4.78 is 1.40. The zero-order valence-corrected chi connectivity index (χ0v) is 8.76. The van der Waals surface area contributed by atoms with Crippen molar-refractivity contribution >= 4 is 33.2 Å². The Labute approximate surface area is 80.6 Å². The Morgan fingerprint density at radius 3 is 2.75 bits per heavy atom. The molecule has 2 rings (SSSR count). The zero-order chi connectivity index (χ0) is 8.55. The van der Waals surface area contributed by atoms with E-state index in [4.69, 9.17) is 0 Å². The van der Waals surface area contributed by atoms with Crippen molar-refractivity contribution in [2.75, 3.05) is 6.26 Å². The van der Waals surface area contributed by atoms with E-state index in [1.165, 1.54) is 19.9 Å². The van der Waals surface area contributed by atoms with Gasteiger partial charge in [0.05, 0.1) is 0 Å². The third kappa shape index (κ3) is 1.15. The highest BCUT2D eigenvalue weighted by atomic mass is 32.2. The highest BCUT2D eigenvalue weighted by Crippen LogP contribution is 2.36. The fourth-order valence-electron chi connectivity index (χ4n) is 1.40. The second kappa shape index (κ2) is 3.11. The van der Waals surface area contributed by atoms with Gasteiger partial charge in [-0.3, -0.25) is 0 Å². The molecular weight excluding hydrogens is 184 g/mol. The number of rotatable bonds is 1. The van der Waals surface area contributed by atoms with E-state index in [9.17, 15) is 0 Å². The van der Waals surface area contributed by atoms with Crippen LogP contribution in [-0.4, -0.2) is 6.26 Å². The predicted octanol–water partition coefficient (Wildman–Crippen LogP) is 3.93. The van der Waals surface area contributed by atoms with Gasteiger partial charge < -0.3 is 0 Å². The van der Waals surface area contributed by atoms with Crippen molar-refractivity contribution in [3.05, 3.63) is 29.1 Å². The molecule has 1 heterocycles. The van der Waals surface area contributed by atoms with Crippen LogP contribution in [0.4, 0.5) is 0 Å². The molecule has 0 bridgehead atoms. The van der Waals surface area contributed by atoms with Crippen LogP contribution in [0.25, 0.3) is 10.1 Å². The van der Waals surface area contributed by atoms with Gasteiger partial charge in [0.2, 0.25) is 0 Å². The maximum absolute atomic E-state index is 2.20. The molecule has 0 nitrogen and oxygen atoms in total. The van der Waals surface area contributed by atoms with Gasteiger partial charge in [-0.15, -0.1) is 23.1 Å². The molecule has 0 aliphatic heterocycles. The lowest BCUT2D eigenvalue weighted by Crippen LogP contribution is -1.67. The fraction of sp³-hybridized carbons (Fsp3) is 0.200. The van der Waals surface area contributed by atoms with E-state index in [0.717, 1.165) is 0 Å². The molecule has 0 saturated heterocycles. The zero-order valence-electron chi connectivity index (χ0n) is 7.13. The molecule has 0 aliphatic rings. The minimum atomic E-state index is 1.40. The van der Waals surface area contributed by atoms with Crippen molar-refractivity contribution in [1.82, 2.24) is 0 Å². The Hall–Kier alpha value is -0.470. The molecule has 2 aromatic rings. The number of aryl methyl sites for hydroxylation is 1. The van der Waals surface area contributed by atoms with Crippen LogP contribution in [0.2, 0.25) is 0 Å². The van der Waals surface area contributed by atoms with Gasteiger partial charge >= 0.3 is 0 Å². The summed E-state index contributed by atoms with van der Waals surface area (Å²) in [6, 6.07) is 8.59. The van der Waals surface area contributed by atoms with Crippen molar-refractivity contribution in [3.63, 3.8) is 0 Å². The highest BCUT2D eigenvalue weighted by molar-refractivity contribution is 7.99. The standard InChI is InChI=1S/C10H10S2/c1-7-10(11-2)8-5-3-4-6-9(8)12-7/h3-6H,1-2H3. The first kappa shape index (κ1) is 8.14. The predicted molar refractivity (Wildman–Crippen MR) is 58.3 cm³/mol. The lowest BCUT2D eigenvalue weighted by atomic mass is 10.2. The van der Waals surface area contributed by atoms with Gasteiger partial charge in [-0.2, -0.15) is 0 Å². The second-order valence-electron chi connectivity index (χ2n) is 2.69. The van der Waals surface area contributed by atoms with Crippen LogP contribution in [0.15, 0.2) is 29.2 Å². The summed E-state index contributed by atoms with van der Waals surface area (Å²) in [7, 11) is 0. The lowest BCUT2D eigenvalue weighted by Gasteiger charge is -1.93. The molecule has 0 spiro atoms. The normalized spacial score (nSPS) is 10.8. The molecule has 0 N–H and O–H groups in total. The van der Waals surface area contributed by atoms with Crippen LogP contribution in [0.3, 0.4) is 0 Å². The Morgan fingerprint density at radius 1 is 1.25 bits per heavy atom. The van der Waals surface area contributed by atoms with Gasteiger partial charge in [-0.05, 0) is 19.2 Å². The molecule has 62 valence electrons. The molecule has 12 heavy (non-hydrogen) atoms. The third-order valence-electron chi connectivity index (χ3n) is 1.92. The molecule has 2 heteroatoms. The van der Waals surface area contributed by atoms with Crippen molar-refractivity contribution < 1.29 is 0 Å². The van der Waals surface area contributed by atoms with Crippen LogP contribution in [-0.2, 0) is 0 Å². The molecule has 1 aromatic heterocycles. The molecule has 1 aromatic carbocycles. The van der Waals surface area contributed by atoms with Gasteiger partial charge in [0, 0.05) is 19.9 Å². The molecule has 0 amide bonds. The molecule has 0 fully saturated rings. The number of thiophene rings is 1. The first-order valence-corrected chi connectivity index (χ1v) is 5.89. The highest BCUT2D eigenvalue weighted by Gasteiger charge is 2.05. The smallest absolute Gasteiger partial charge is 0.0357 e. The van der Waals surface area contributed by atoms with Gasteiger partial charge in [0.25, 0.3) is 0 Å². The van der Waals surface area contributed by atoms with E-state index in [-0.39, 0.29) is 0 Å². The SMILES string of the molecule is CSc1c(C)sc2ccccc12. The van der Waals surface area contributed by atoms with Gasteiger partial charge in [0.15, 0.2) is 0 Å². The van der Waals surface area contributed by atoms with Crippen LogP contribution in [0.5, 0.6) is 0 Å². The summed E-state index contributed by atoms with van der Waals surface area (Å²) in [6.07, 6.45) is 2.14. The summed E-state index contributed by atoms with van der Waals surface area (Å²) in [5.41, 5.74) is 0. The molecule has 0 unspecified atom stereocenters. The van der Waals surface area contributed by atoms with E-state index >= 15 is 0 Å². The van der Waals surface area contributed by atoms with E-state index in [1.54, 1.807) is 0 Å². The molecular formula is C10H10S2. The van der Waals surface area contributed by atoms with E-state index < -0.39 is 0 Å². The van der Waals surface area contributed by atoms with Crippen molar-refractivity contribution in [2.24, 2.45) is 0 Å². The average molecular weight is 194 g/mol. The molecule has 0 saturated carbocycles. The monoisotopic (exact) mass is 194 g/mol. The first-order valence-electron chi connectivity index (χ1n) is 3.85. The minimum absolute atomic E-state index is 1.40. The Balaban J connectivity index is 2.81. The van der Waals surface area contributed by atoms with Crippen LogP contribution in [0.1, 0.15) is 4.88 Å². The molecule has 0 radical (unpaired) electrons. The summed E-state index contributed by atoms with van der Waals surface area (Å²) in [4.78, 5) is 2.87. The van der Waals surface area contributed by atoms with E-state index in [1.807, 2.05) is 23.1 Å². The van der Waals surface area contributed by atoms with Crippen molar-refractivity contribution in [1.29, 1.82) is 0 Å². The number of fused-ring (bicyclic) bond motifs is 1. The number of benzene rings is 1. The maximum atomic E-state index is 2.20. The van der Waals surface area contributed by atoms with Crippen molar-refractivity contribution in [3.8, 4) is 0 Å². The number of hydrogen-bond acceptors (Lipinski definition) is 2. The summed E-state index contributed by atoms with van der Waals surface area (Å²) >= 11 is 3.72. The minimum Gasteiger partial charge on any atom is -0.139 e. The lowest BCUT2D eigenvalue weighted by molar-refractivity contribution is 1.47. The molecule has 0 atom stereocenters. The second-order valence-corrected chi connectivity index (χ2v) is 4.76. The summed E-state index contributed by atoms with van der Waals surface area (Å²) in [5.74, 6) is 0. The third-order valence-corrected chi connectivity index (χ3v) is 4.07. The van der Waals surface area contributed by atoms with Crippen LogP contribution in [0, 0.1) is 6.92 Å². The Kier molecular flexibility index (Phi) is 2.11. The van der Waals surface area contributed by atoms with Crippen LogP contribution >= 0.6 is 23.1 Å². The van der Waals surface area contributed by atoms with Crippen molar-refractivity contribution in [2.45, 2.75) is 11.8 Å². The average Bonchev–Trinajstić information content (AvgIpc) is 2.40. The van der Waals surface area contributed by atoms with Gasteiger partial charge in [-0.25, -0.2) is 0 Å². The number of hydrogen-bond donors (Lipinski definition) is 0. The van der Waals surface area contributed by atoms with E-state index in [2.05, 4.69) is 37.4 Å². The van der Waals surface area contributed by atoms with Crippen LogP contribution < -0.4 is 0 Å². The Bertz CT molecular complexity index is 401. The molecule has 0 aliphatic carbocycles. The summed E-state index contributed by atoms with van der Waals surface area (Å²) in [5, 5.41) is 1.41. The first-order chi connectivity index (χ1) is 5.83. The van der Waals surface area contributed by atoms with E-state index in [0.29, 0.717) is 0 Å². The summed E-state index contributed by atoms with van der Waals surface area (Å²) in [6.45, 7) is 2.19. The topological polar surface area (TPSA) is 0 Å². The number of thioether (sulfide) groups is 1. The quantitative estimate of drug-likeness (QED) is 0.620. The van der Waals surface area contributed by atoms with Gasteiger partial charge in [0.1, 0.15) is 0 Å².